The number of benzene rings is 1. The Morgan fingerprint density at radius 3 is 2.82 bits per heavy atom. The Kier molecular flexibility index (Phi) is 4.19. The van der Waals surface area contributed by atoms with Crippen molar-refractivity contribution in [2.75, 3.05) is 13.1 Å². The van der Waals surface area contributed by atoms with Crippen molar-refractivity contribution < 1.29 is 5.11 Å². The monoisotopic (exact) mass is 233 g/mol. The van der Waals surface area contributed by atoms with Crippen LogP contribution in [-0.2, 0) is 6.42 Å². The molecular formula is C15H23NO. The van der Waals surface area contributed by atoms with Gasteiger partial charge >= 0.3 is 0 Å². The first-order chi connectivity index (χ1) is 8.26. The lowest BCUT2D eigenvalue weighted by atomic mass is 9.91. The molecule has 0 amide bonds. The number of rotatable bonds is 4. The number of aliphatic hydroxyl groups excluding tert-OH is 1. The minimum atomic E-state index is -0.186. The summed E-state index contributed by atoms with van der Waals surface area (Å²) in [4.78, 5) is 2.44. The van der Waals surface area contributed by atoms with E-state index >= 15 is 0 Å². The molecule has 0 fully saturated rings. The van der Waals surface area contributed by atoms with Gasteiger partial charge in [-0.15, -0.1) is 0 Å². The van der Waals surface area contributed by atoms with E-state index in [-0.39, 0.29) is 6.10 Å². The second kappa shape index (κ2) is 5.65. The van der Waals surface area contributed by atoms with Crippen LogP contribution in [0.4, 0.5) is 0 Å². The molecule has 2 heteroatoms. The van der Waals surface area contributed by atoms with Gasteiger partial charge < -0.3 is 5.11 Å². The Morgan fingerprint density at radius 2 is 2.12 bits per heavy atom. The topological polar surface area (TPSA) is 23.5 Å². The van der Waals surface area contributed by atoms with Gasteiger partial charge in [0.1, 0.15) is 0 Å². The van der Waals surface area contributed by atoms with Crippen LogP contribution < -0.4 is 0 Å². The Labute approximate surface area is 104 Å². The number of hydrogen-bond donors (Lipinski definition) is 1. The van der Waals surface area contributed by atoms with Crippen molar-refractivity contribution in [3.8, 4) is 0 Å². The van der Waals surface area contributed by atoms with Gasteiger partial charge in [-0.1, -0.05) is 38.1 Å². The van der Waals surface area contributed by atoms with Gasteiger partial charge in [-0.3, -0.25) is 4.90 Å². The molecule has 2 nitrogen and oxygen atoms in total. The summed E-state index contributed by atoms with van der Waals surface area (Å²) in [5.41, 5.74) is 2.95. The molecule has 1 aromatic carbocycles. The van der Waals surface area contributed by atoms with Crippen LogP contribution in [0.15, 0.2) is 24.3 Å². The highest BCUT2D eigenvalue weighted by Gasteiger charge is 2.26. The maximum Gasteiger partial charge on any atom is 0.0664 e. The molecule has 0 saturated heterocycles. The van der Waals surface area contributed by atoms with Crippen molar-refractivity contribution in [2.24, 2.45) is 0 Å². The Morgan fingerprint density at radius 1 is 1.35 bits per heavy atom. The molecule has 1 aliphatic heterocycles. The number of hydrogen-bond acceptors (Lipinski definition) is 2. The highest BCUT2D eigenvalue weighted by atomic mass is 16.3. The third kappa shape index (κ3) is 2.70. The molecule has 1 N–H and O–H groups in total. The number of nitrogens with zero attached hydrogens (tertiary/aromatic N) is 1. The normalized spacial score (nSPS) is 22.2. The first-order valence-electron chi connectivity index (χ1n) is 6.76. The van der Waals surface area contributed by atoms with E-state index < -0.39 is 0 Å². The van der Waals surface area contributed by atoms with Crippen LogP contribution >= 0.6 is 0 Å². The van der Waals surface area contributed by atoms with Gasteiger partial charge in [-0.25, -0.2) is 0 Å². The van der Waals surface area contributed by atoms with E-state index in [0.29, 0.717) is 6.04 Å². The van der Waals surface area contributed by atoms with Gasteiger partial charge in [0.25, 0.3) is 0 Å². The summed E-state index contributed by atoms with van der Waals surface area (Å²) in [6.45, 7) is 6.16. The molecule has 0 bridgehead atoms. The first kappa shape index (κ1) is 12.6. The van der Waals surface area contributed by atoms with E-state index in [0.717, 1.165) is 32.4 Å². The first-order valence-corrected chi connectivity index (χ1v) is 6.76. The molecule has 0 aliphatic carbocycles. The van der Waals surface area contributed by atoms with Crippen molar-refractivity contribution >= 4 is 0 Å². The average Bonchev–Trinajstić information content (AvgIpc) is 2.38. The number of fused-ring (bicyclic) bond motifs is 1. The van der Waals surface area contributed by atoms with Gasteiger partial charge in [-0.05, 0) is 30.4 Å². The summed E-state index contributed by atoms with van der Waals surface area (Å²) in [7, 11) is 0. The van der Waals surface area contributed by atoms with Gasteiger partial charge in [0.2, 0.25) is 0 Å². The minimum Gasteiger partial charge on any atom is -0.392 e. The molecule has 1 aliphatic rings. The molecular weight excluding hydrogens is 210 g/mol. The highest BCUT2D eigenvalue weighted by Crippen LogP contribution is 2.31. The van der Waals surface area contributed by atoms with E-state index in [1.165, 1.54) is 11.1 Å². The fourth-order valence-electron chi connectivity index (χ4n) is 2.80. The predicted octanol–water partition coefficient (Wildman–Crippen LogP) is 2.77. The Bertz CT molecular complexity index is 364. The van der Waals surface area contributed by atoms with Crippen molar-refractivity contribution in [3.05, 3.63) is 35.4 Å². The quantitative estimate of drug-likeness (QED) is 0.864. The lowest BCUT2D eigenvalue weighted by Gasteiger charge is -2.37. The molecule has 2 rings (SSSR count). The third-order valence-corrected chi connectivity index (χ3v) is 3.83. The molecule has 0 radical (unpaired) electrons. The predicted molar refractivity (Wildman–Crippen MR) is 71.0 cm³/mol. The number of β-amino-alcohol motifs (C(OH)–C–C–N with tert-alkyl or cyclic N) is 1. The van der Waals surface area contributed by atoms with Gasteiger partial charge in [-0.2, -0.15) is 0 Å². The van der Waals surface area contributed by atoms with Crippen molar-refractivity contribution in [3.63, 3.8) is 0 Å². The average molecular weight is 233 g/mol. The van der Waals surface area contributed by atoms with E-state index in [1.54, 1.807) is 0 Å². The second-order valence-electron chi connectivity index (χ2n) is 4.93. The van der Waals surface area contributed by atoms with Gasteiger partial charge in [0.15, 0.2) is 0 Å². The maximum atomic E-state index is 9.83. The third-order valence-electron chi connectivity index (χ3n) is 3.83. The van der Waals surface area contributed by atoms with Crippen molar-refractivity contribution in [2.45, 2.75) is 45.3 Å². The smallest absolute Gasteiger partial charge is 0.0664 e. The summed E-state index contributed by atoms with van der Waals surface area (Å²) >= 11 is 0. The fourth-order valence-corrected chi connectivity index (χ4v) is 2.80. The summed E-state index contributed by atoms with van der Waals surface area (Å²) < 4.78 is 0. The Balaban J connectivity index is 2.17. The SMILES string of the molecule is CCC1c2ccccc2CCN1C[C@H](O)CC. The molecule has 0 saturated carbocycles. The van der Waals surface area contributed by atoms with Gasteiger partial charge in [0.05, 0.1) is 6.10 Å². The summed E-state index contributed by atoms with van der Waals surface area (Å²) in [5, 5.41) is 9.83. The minimum absolute atomic E-state index is 0.186. The van der Waals surface area contributed by atoms with E-state index in [9.17, 15) is 5.11 Å². The molecule has 1 aromatic rings. The summed E-state index contributed by atoms with van der Waals surface area (Å²) in [5.74, 6) is 0. The van der Waals surface area contributed by atoms with Gasteiger partial charge in [0, 0.05) is 19.1 Å². The van der Waals surface area contributed by atoms with Crippen LogP contribution in [0, 0.1) is 0 Å². The van der Waals surface area contributed by atoms with Crippen molar-refractivity contribution in [1.82, 2.24) is 4.90 Å². The second-order valence-corrected chi connectivity index (χ2v) is 4.93. The molecule has 0 spiro atoms. The van der Waals surface area contributed by atoms with E-state index in [2.05, 4.69) is 36.1 Å². The van der Waals surface area contributed by atoms with Crippen LogP contribution in [0.25, 0.3) is 0 Å². The molecule has 94 valence electrons. The van der Waals surface area contributed by atoms with Crippen LogP contribution in [0.5, 0.6) is 0 Å². The molecule has 2 atom stereocenters. The molecule has 17 heavy (non-hydrogen) atoms. The molecule has 1 unspecified atom stereocenters. The standard InChI is InChI=1S/C15H23NO/c1-3-13(17)11-16-10-9-12-7-5-6-8-14(12)15(16)4-2/h5-8,13,15,17H,3-4,9-11H2,1-2H3/t13-,15?/m1/s1. The van der Waals surface area contributed by atoms with E-state index in [4.69, 9.17) is 0 Å². The zero-order chi connectivity index (χ0) is 12.3. The highest BCUT2D eigenvalue weighted by molar-refractivity contribution is 5.32. The largest absolute Gasteiger partial charge is 0.392 e. The molecule has 0 aromatic heterocycles. The van der Waals surface area contributed by atoms with Crippen LogP contribution in [0.1, 0.15) is 43.9 Å². The zero-order valence-electron chi connectivity index (χ0n) is 10.9. The fraction of sp³-hybridized carbons (Fsp3) is 0.600. The van der Waals surface area contributed by atoms with Crippen LogP contribution in [0.2, 0.25) is 0 Å². The van der Waals surface area contributed by atoms with Crippen LogP contribution in [-0.4, -0.2) is 29.2 Å². The number of aliphatic hydroxyl groups is 1. The van der Waals surface area contributed by atoms with Crippen molar-refractivity contribution in [1.29, 1.82) is 0 Å². The molecule has 1 heterocycles. The lowest BCUT2D eigenvalue weighted by molar-refractivity contribution is 0.0776. The van der Waals surface area contributed by atoms with E-state index in [1.807, 2.05) is 6.92 Å². The maximum absolute atomic E-state index is 9.83. The van der Waals surface area contributed by atoms with Crippen LogP contribution in [0.3, 0.4) is 0 Å². The lowest BCUT2D eigenvalue weighted by Crippen LogP contribution is -2.39. The Hall–Kier alpha value is -0.860. The summed E-state index contributed by atoms with van der Waals surface area (Å²) in [6, 6.07) is 9.23. The summed E-state index contributed by atoms with van der Waals surface area (Å²) in [6.07, 6.45) is 2.89. The zero-order valence-corrected chi connectivity index (χ0v) is 10.9.